The fourth-order valence-electron chi connectivity index (χ4n) is 4.30. The third-order valence-corrected chi connectivity index (χ3v) is 5.84. The average Bonchev–Trinajstić information content (AvgIpc) is 2.81. The van der Waals surface area contributed by atoms with Gasteiger partial charge in [0.1, 0.15) is 5.75 Å². The van der Waals surface area contributed by atoms with E-state index in [2.05, 4.69) is 29.6 Å². The molecule has 0 radical (unpaired) electrons. The lowest BCUT2D eigenvalue weighted by atomic mass is 9.86. The number of fused-ring (bicyclic) bond motifs is 1. The highest BCUT2D eigenvalue weighted by Crippen LogP contribution is 2.33. The Morgan fingerprint density at radius 1 is 0.938 bits per heavy atom. The first-order valence-electron chi connectivity index (χ1n) is 11.0. The third-order valence-electron chi connectivity index (χ3n) is 5.84. The van der Waals surface area contributed by atoms with Crippen molar-refractivity contribution in [1.29, 1.82) is 0 Å². The molecule has 2 unspecified atom stereocenters. The van der Waals surface area contributed by atoms with Gasteiger partial charge in [-0.05, 0) is 37.1 Å². The summed E-state index contributed by atoms with van der Waals surface area (Å²) in [6.45, 7) is 4.07. The number of amides is 2. The minimum Gasteiger partial charge on any atom is -0.479 e. The molecule has 32 heavy (non-hydrogen) atoms. The Morgan fingerprint density at radius 3 is 2.12 bits per heavy atom. The third kappa shape index (κ3) is 4.67. The normalized spacial score (nSPS) is 16.3. The molecule has 0 aliphatic carbocycles. The van der Waals surface area contributed by atoms with Crippen LogP contribution in [0.5, 0.6) is 5.75 Å². The monoisotopic (exact) mass is 428 g/mol. The molecular formula is C27H28N2O3. The fraction of sp³-hybridized carbons (Fsp3) is 0.259. The van der Waals surface area contributed by atoms with Gasteiger partial charge in [-0.3, -0.25) is 9.59 Å². The van der Waals surface area contributed by atoms with Crippen molar-refractivity contribution in [2.24, 2.45) is 0 Å². The molecule has 0 saturated heterocycles. The van der Waals surface area contributed by atoms with Crippen LogP contribution in [-0.2, 0) is 9.59 Å². The van der Waals surface area contributed by atoms with Crippen LogP contribution in [0.3, 0.4) is 0 Å². The maximum Gasteiger partial charge on any atom is 0.267 e. The first kappa shape index (κ1) is 21.6. The van der Waals surface area contributed by atoms with Crippen molar-refractivity contribution in [3.8, 4) is 5.75 Å². The number of nitrogens with zero attached hydrogens (tertiary/aromatic N) is 1. The van der Waals surface area contributed by atoms with Crippen molar-refractivity contribution in [2.75, 3.05) is 11.4 Å². The Hall–Kier alpha value is -3.60. The van der Waals surface area contributed by atoms with E-state index in [0.717, 1.165) is 11.1 Å². The van der Waals surface area contributed by atoms with Gasteiger partial charge in [-0.2, -0.15) is 0 Å². The molecule has 164 valence electrons. The van der Waals surface area contributed by atoms with Gasteiger partial charge in [0.15, 0.2) is 6.10 Å². The van der Waals surface area contributed by atoms with Crippen LogP contribution in [-0.4, -0.2) is 30.5 Å². The van der Waals surface area contributed by atoms with E-state index >= 15 is 0 Å². The summed E-state index contributed by atoms with van der Waals surface area (Å²) in [5, 5.41) is 3.16. The first-order valence-corrected chi connectivity index (χ1v) is 11.0. The van der Waals surface area contributed by atoms with E-state index in [4.69, 9.17) is 4.74 Å². The molecule has 0 spiro atoms. The van der Waals surface area contributed by atoms with E-state index in [1.807, 2.05) is 67.6 Å². The van der Waals surface area contributed by atoms with Gasteiger partial charge in [0.05, 0.1) is 5.69 Å². The van der Waals surface area contributed by atoms with E-state index in [1.54, 1.807) is 11.8 Å². The van der Waals surface area contributed by atoms with Crippen LogP contribution in [0.15, 0.2) is 84.9 Å². The smallest absolute Gasteiger partial charge is 0.267 e. The summed E-state index contributed by atoms with van der Waals surface area (Å²) in [7, 11) is 0. The Balaban J connectivity index is 1.46. The van der Waals surface area contributed by atoms with Crippen LogP contribution in [0.25, 0.3) is 0 Å². The molecule has 1 N–H and O–H groups in total. The summed E-state index contributed by atoms with van der Waals surface area (Å²) < 4.78 is 5.68. The second-order valence-electron chi connectivity index (χ2n) is 8.12. The Kier molecular flexibility index (Phi) is 6.55. The molecule has 5 nitrogen and oxygen atoms in total. The molecule has 3 aromatic carbocycles. The molecule has 1 heterocycles. The average molecular weight is 429 g/mol. The van der Waals surface area contributed by atoms with Crippen LogP contribution in [0.4, 0.5) is 5.69 Å². The van der Waals surface area contributed by atoms with Crippen LogP contribution < -0.4 is 15.0 Å². The van der Waals surface area contributed by atoms with Gasteiger partial charge < -0.3 is 15.0 Å². The lowest BCUT2D eigenvalue weighted by Crippen LogP contribution is -2.46. The molecule has 4 rings (SSSR count). The number of para-hydroxylation sites is 2. The number of rotatable bonds is 7. The highest BCUT2D eigenvalue weighted by atomic mass is 16.5. The van der Waals surface area contributed by atoms with Crippen LogP contribution in [0, 0.1) is 0 Å². The Labute approximate surface area is 189 Å². The number of carbonyl (C=O) groups is 2. The first-order chi connectivity index (χ1) is 15.5. The van der Waals surface area contributed by atoms with Gasteiger partial charge in [0.2, 0.25) is 5.91 Å². The predicted octanol–water partition coefficient (Wildman–Crippen LogP) is 4.53. The summed E-state index contributed by atoms with van der Waals surface area (Å²) in [5.41, 5.74) is 3.01. The maximum atomic E-state index is 12.9. The van der Waals surface area contributed by atoms with Crippen LogP contribution in [0.2, 0.25) is 0 Å². The van der Waals surface area contributed by atoms with Crippen molar-refractivity contribution < 1.29 is 14.3 Å². The van der Waals surface area contributed by atoms with E-state index in [0.29, 0.717) is 18.0 Å². The van der Waals surface area contributed by atoms with E-state index < -0.39 is 6.10 Å². The second kappa shape index (κ2) is 9.69. The Bertz CT molecular complexity index is 1030. The molecule has 3 aromatic rings. The van der Waals surface area contributed by atoms with Gasteiger partial charge in [-0.25, -0.2) is 0 Å². The zero-order valence-corrected chi connectivity index (χ0v) is 18.4. The van der Waals surface area contributed by atoms with Crippen LogP contribution in [0.1, 0.15) is 37.3 Å². The second-order valence-corrected chi connectivity index (χ2v) is 8.12. The number of nitrogens with one attached hydrogen (secondary N) is 1. The molecule has 1 aliphatic heterocycles. The SMILES string of the molecule is CC1Oc2ccccc2N(CCC(=O)NC(C)C(c2ccccc2)c2ccccc2)C1=O. The number of ether oxygens (including phenoxy) is 1. The topological polar surface area (TPSA) is 58.6 Å². The minimum absolute atomic E-state index is 0.0344. The summed E-state index contributed by atoms with van der Waals surface area (Å²) in [5.74, 6) is 0.489. The lowest BCUT2D eigenvalue weighted by molar-refractivity contribution is -0.125. The van der Waals surface area contributed by atoms with E-state index in [-0.39, 0.29) is 30.2 Å². The van der Waals surface area contributed by atoms with E-state index in [1.165, 1.54) is 0 Å². The fourth-order valence-corrected chi connectivity index (χ4v) is 4.30. The van der Waals surface area contributed by atoms with Gasteiger partial charge in [-0.15, -0.1) is 0 Å². The predicted molar refractivity (Wildman–Crippen MR) is 126 cm³/mol. The minimum atomic E-state index is -0.563. The highest BCUT2D eigenvalue weighted by molar-refractivity contribution is 6.00. The maximum absolute atomic E-state index is 12.9. The zero-order valence-electron chi connectivity index (χ0n) is 18.4. The van der Waals surface area contributed by atoms with Crippen molar-refractivity contribution in [2.45, 2.75) is 38.3 Å². The van der Waals surface area contributed by atoms with Gasteiger partial charge in [0, 0.05) is 24.9 Å². The summed E-state index contributed by atoms with van der Waals surface area (Å²) >= 11 is 0. The van der Waals surface area contributed by atoms with Gasteiger partial charge in [0.25, 0.3) is 5.91 Å². The van der Waals surface area contributed by atoms with E-state index in [9.17, 15) is 9.59 Å². The number of hydrogen-bond donors (Lipinski definition) is 1. The van der Waals surface area contributed by atoms with Gasteiger partial charge in [-0.1, -0.05) is 72.8 Å². The van der Waals surface area contributed by atoms with Crippen molar-refractivity contribution in [3.05, 3.63) is 96.1 Å². The molecule has 5 heteroatoms. The largest absolute Gasteiger partial charge is 0.479 e. The van der Waals surface area contributed by atoms with Crippen molar-refractivity contribution in [3.63, 3.8) is 0 Å². The number of carbonyl (C=O) groups excluding carboxylic acids is 2. The molecule has 0 saturated carbocycles. The molecule has 2 atom stereocenters. The van der Waals surface area contributed by atoms with Crippen molar-refractivity contribution >= 4 is 17.5 Å². The number of benzene rings is 3. The molecule has 2 amide bonds. The van der Waals surface area contributed by atoms with Gasteiger partial charge >= 0.3 is 0 Å². The summed E-state index contributed by atoms with van der Waals surface area (Å²) in [4.78, 5) is 27.2. The standard InChI is InChI=1S/C27H28N2O3/c1-19(26(21-11-5-3-6-12-21)22-13-7-4-8-14-22)28-25(30)17-18-29-23-15-9-10-16-24(23)32-20(2)27(29)31/h3-16,19-20,26H,17-18H2,1-2H3,(H,28,30). The lowest BCUT2D eigenvalue weighted by Gasteiger charge is -2.33. The molecule has 0 fully saturated rings. The molecule has 0 aromatic heterocycles. The Morgan fingerprint density at radius 2 is 1.50 bits per heavy atom. The number of anilines is 1. The molecule has 0 bridgehead atoms. The zero-order chi connectivity index (χ0) is 22.5. The molecular weight excluding hydrogens is 400 g/mol. The highest BCUT2D eigenvalue weighted by Gasteiger charge is 2.31. The summed E-state index contributed by atoms with van der Waals surface area (Å²) in [6.07, 6.45) is -0.347. The van der Waals surface area contributed by atoms with Crippen LogP contribution >= 0.6 is 0 Å². The number of hydrogen-bond acceptors (Lipinski definition) is 3. The van der Waals surface area contributed by atoms with Crippen molar-refractivity contribution in [1.82, 2.24) is 5.32 Å². The molecule has 1 aliphatic rings. The quantitative estimate of drug-likeness (QED) is 0.602. The summed E-state index contributed by atoms with van der Waals surface area (Å²) in [6, 6.07) is 27.7.